The van der Waals surface area contributed by atoms with E-state index in [4.69, 9.17) is 9.84 Å². The Morgan fingerprint density at radius 2 is 1.73 bits per heavy atom. The highest BCUT2D eigenvalue weighted by atomic mass is 19.1. The van der Waals surface area contributed by atoms with Crippen molar-refractivity contribution in [1.82, 2.24) is 25.1 Å². The number of hydrogen-bond donors (Lipinski definition) is 3. The molecule has 208 valence electrons. The summed E-state index contributed by atoms with van der Waals surface area (Å²) in [5.74, 6) is 0.0339. The molecule has 0 radical (unpaired) electrons. The van der Waals surface area contributed by atoms with Gasteiger partial charge in [0.1, 0.15) is 28.8 Å². The lowest BCUT2D eigenvalue weighted by Crippen LogP contribution is -2.22. The summed E-state index contributed by atoms with van der Waals surface area (Å²) < 4.78 is 22.0. The van der Waals surface area contributed by atoms with Crippen LogP contribution in [-0.4, -0.2) is 38.7 Å². The molecule has 0 aliphatic heterocycles. The van der Waals surface area contributed by atoms with Crippen LogP contribution in [-0.2, 0) is 5.41 Å². The lowest BCUT2D eigenvalue weighted by Gasteiger charge is -2.14. The van der Waals surface area contributed by atoms with E-state index in [1.807, 2.05) is 51.1 Å². The number of amides is 3. The van der Waals surface area contributed by atoms with Crippen LogP contribution < -0.4 is 20.7 Å². The maximum absolute atomic E-state index is 14.7. The van der Waals surface area contributed by atoms with E-state index in [-0.39, 0.29) is 28.5 Å². The number of ether oxygens (including phenoxy) is 1. The number of nitrogens with zero attached hydrogens (tertiary/aromatic N) is 4. The van der Waals surface area contributed by atoms with E-state index in [1.165, 1.54) is 37.5 Å². The molecule has 0 aliphatic carbocycles. The number of fused-ring (bicyclic) bond motifs is 1. The third kappa shape index (κ3) is 6.14. The number of carbonyl (C=O) groups excluding carboxylic acids is 2. The van der Waals surface area contributed by atoms with Crippen LogP contribution in [0.25, 0.3) is 16.6 Å². The number of halogens is 1. The Balaban J connectivity index is 1.37. The number of hydrogen-bond acceptors (Lipinski definition) is 6. The van der Waals surface area contributed by atoms with Crippen molar-refractivity contribution in [3.05, 3.63) is 96.3 Å². The van der Waals surface area contributed by atoms with Crippen molar-refractivity contribution in [2.45, 2.75) is 26.2 Å². The number of rotatable bonds is 6. The highest BCUT2D eigenvalue weighted by Gasteiger charge is 2.22. The predicted molar refractivity (Wildman–Crippen MR) is 154 cm³/mol. The zero-order valence-electron chi connectivity index (χ0n) is 22.9. The van der Waals surface area contributed by atoms with Gasteiger partial charge < -0.3 is 15.4 Å². The minimum Gasteiger partial charge on any atom is -0.456 e. The smallest absolute Gasteiger partial charge is 0.324 e. The molecule has 0 bridgehead atoms. The van der Waals surface area contributed by atoms with Crippen molar-refractivity contribution in [1.29, 1.82) is 0 Å². The summed E-state index contributed by atoms with van der Waals surface area (Å²) in [6.45, 7) is 6.07. The second-order valence-corrected chi connectivity index (χ2v) is 10.2. The molecular formula is C30H28FN7O3. The first-order valence-electron chi connectivity index (χ1n) is 12.8. The number of aromatic nitrogens is 4. The van der Waals surface area contributed by atoms with Crippen LogP contribution in [0.15, 0.2) is 79.1 Å². The zero-order chi connectivity index (χ0) is 29.1. The third-order valence-corrected chi connectivity index (χ3v) is 6.17. The summed E-state index contributed by atoms with van der Waals surface area (Å²) in [4.78, 5) is 33.2. The van der Waals surface area contributed by atoms with Gasteiger partial charge in [-0.15, -0.1) is 0 Å². The van der Waals surface area contributed by atoms with Gasteiger partial charge in [0.15, 0.2) is 0 Å². The molecule has 3 amide bonds. The van der Waals surface area contributed by atoms with Gasteiger partial charge in [0.25, 0.3) is 5.91 Å². The molecule has 0 spiro atoms. The van der Waals surface area contributed by atoms with Crippen molar-refractivity contribution < 1.29 is 18.7 Å². The van der Waals surface area contributed by atoms with Gasteiger partial charge in [-0.3, -0.25) is 15.1 Å². The van der Waals surface area contributed by atoms with Crippen molar-refractivity contribution in [2.75, 3.05) is 17.7 Å². The summed E-state index contributed by atoms with van der Waals surface area (Å²) in [6, 6.07) is 17.6. The lowest BCUT2D eigenvalue weighted by atomic mass is 9.92. The monoisotopic (exact) mass is 553 g/mol. The van der Waals surface area contributed by atoms with E-state index in [0.29, 0.717) is 11.6 Å². The first-order valence-corrected chi connectivity index (χ1v) is 12.8. The third-order valence-electron chi connectivity index (χ3n) is 6.17. The average molecular weight is 554 g/mol. The maximum Gasteiger partial charge on any atom is 0.324 e. The van der Waals surface area contributed by atoms with Gasteiger partial charge in [-0.05, 0) is 48.5 Å². The Bertz CT molecular complexity index is 1740. The molecule has 10 nitrogen and oxygen atoms in total. The largest absolute Gasteiger partial charge is 0.456 e. The van der Waals surface area contributed by atoms with Crippen LogP contribution >= 0.6 is 0 Å². The molecule has 0 fully saturated rings. The molecule has 3 heterocycles. The van der Waals surface area contributed by atoms with Gasteiger partial charge >= 0.3 is 6.03 Å². The first kappa shape index (κ1) is 27.3. The van der Waals surface area contributed by atoms with Crippen LogP contribution in [0, 0.1) is 5.82 Å². The molecule has 3 aromatic heterocycles. The number of urea groups is 1. The Labute approximate surface area is 235 Å². The molecular weight excluding hydrogens is 525 g/mol. The van der Waals surface area contributed by atoms with Gasteiger partial charge in [-0.2, -0.15) is 5.10 Å². The second-order valence-electron chi connectivity index (χ2n) is 10.2. The summed E-state index contributed by atoms with van der Waals surface area (Å²) in [7, 11) is 1.51. The number of pyridine rings is 2. The Morgan fingerprint density at radius 3 is 2.46 bits per heavy atom. The summed E-state index contributed by atoms with van der Waals surface area (Å²) in [6.07, 6.45) is 3.11. The van der Waals surface area contributed by atoms with Crippen molar-refractivity contribution in [3.63, 3.8) is 0 Å². The maximum atomic E-state index is 14.7. The van der Waals surface area contributed by atoms with Gasteiger partial charge in [-0.1, -0.05) is 26.8 Å². The standard InChI is InChI=1S/C30H28FN7O3/c1-30(2,3)26-16-27(38(37-26)19-7-11-23-18(14-19)6-5-13-33-23)36-29(40)35-25-15-20(8-10-22(25)31)41-21-9-12-24(34-17-21)28(39)32-4/h5-17H,1-4H3,(H,32,39)(H2,35,36,40). The topological polar surface area (TPSA) is 123 Å². The Hall–Kier alpha value is -5.32. The normalized spacial score (nSPS) is 11.2. The molecule has 0 atom stereocenters. The fraction of sp³-hybridized carbons (Fsp3) is 0.167. The summed E-state index contributed by atoms with van der Waals surface area (Å²) in [5, 5.41) is 13.5. The Kier molecular flexibility index (Phi) is 7.34. The van der Waals surface area contributed by atoms with Crippen molar-refractivity contribution in [3.8, 4) is 17.2 Å². The molecule has 0 aliphatic rings. The summed E-state index contributed by atoms with van der Waals surface area (Å²) >= 11 is 0. The van der Waals surface area contributed by atoms with E-state index in [9.17, 15) is 14.0 Å². The fourth-order valence-electron chi connectivity index (χ4n) is 4.00. The molecule has 11 heteroatoms. The molecule has 0 unspecified atom stereocenters. The molecule has 5 aromatic rings. The lowest BCUT2D eigenvalue weighted by molar-refractivity contribution is 0.0958. The second kappa shape index (κ2) is 11.0. The molecule has 41 heavy (non-hydrogen) atoms. The fourth-order valence-corrected chi connectivity index (χ4v) is 4.00. The van der Waals surface area contributed by atoms with Crippen molar-refractivity contribution in [2.24, 2.45) is 0 Å². The molecule has 0 saturated heterocycles. The zero-order valence-corrected chi connectivity index (χ0v) is 22.9. The van der Waals surface area contributed by atoms with Gasteiger partial charge in [-0.25, -0.2) is 18.9 Å². The van der Waals surface area contributed by atoms with Gasteiger partial charge in [0.2, 0.25) is 0 Å². The van der Waals surface area contributed by atoms with E-state index in [0.717, 1.165) is 22.3 Å². The quantitative estimate of drug-likeness (QED) is 0.235. The molecule has 2 aromatic carbocycles. The van der Waals surface area contributed by atoms with E-state index in [1.54, 1.807) is 23.0 Å². The van der Waals surface area contributed by atoms with Crippen molar-refractivity contribution >= 4 is 34.3 Å². The minimum atomic E-state index is -0.665. The summed E-state index contributed by atoms with van der Waals surface area (Å²) in [5.41, 5.74) is 2.18. The number of anilines is 2. The number of benzene rings is 2. The van der Waals surface area contributed by atoms with Crippen LogP contribution in [0.4, 0.5) is 20.7 Å². The SMILES string of the molecule is CNC(=O)c1ccc(Oc2ccc(F)c(NC(=O)Nc3cc(C(C)(C)C)nn3-c3ccc4ncccc4c3)c2)cn1. The highest BCUT2D eigenvalue weighted by molar-refractivity contribution is 5.99. The highest BCUT2D eigenvalue weighted by Crippen LogP contribution is 2.29. The van der Waals surface area contributed by atoms with E-state index in [2.05, 4.69) is 25.9 Å². The van der Waals surface area contributed by atoms with Gasteiger partial charge in [0.05, 0.1) is 28.8 Å². The van der Waals surface area contributed by atoms with E-state index < -0.39 is 11.8 Å². The average Bonchev–Trinajstić information content (AvgIpc) is 3.39. The van der Waals surface area contributed by atoms with Gasteiger partial charge in [0, 0.05) is 36.2 Å². The molecule has 0 saturated carbocycles. The van der Waals surface area contributed by atoms with Crippen LogP contribution in [0.1, 0.15) is 37.0 Å². The first-order chi connectivity index (χ1) is 19.6. The molecule has 3 N–H and O–H groups in total. The van der Waals surface area contributed by atoms with Crippen LogP contribution in [0.3, 0.4) is 0 Å². The number of nitrogens with one attached hydrogen (secondary N) is 3. The van der Waals surface area contributed by atoms with Crippen LogP contribution in [0.2, 0.25) is 0 Å². The van der Waals surface area contributed by atoms with Crippen LogP contribution in [0.5, 0.6) is 11.5 Å². The predicted octanol–water partition coefficient (Wildman–Crippen LogP) is 6.05. The minimum absolute atomic E-state index is 0.0890. The molecule has 5 rings (SSSR count). The van der Waals surface area contributed by atoms with E-state index >= 15 is 0 Å². The Morgan fingerprint density at radius 1 is 0.927 bits per heavy atom. The number of carbonyl (C=O) groups is 2.